The van der Waals surface area contributed by atoms with E-state index < -0.39 is 17.8 Å². The van der Waals surface area contributed by atoms with Gasteiger partial charge >= 0.3 is 12.2 Å². The fraction of sp³-hybridized carbons (Fsp3) is 0.533. The Labute approximate surface area is 136 Å². The first-order chi connectivity index (χ1) is 11.4. The zero-order valence-corrected chi connectivity index (χ0v) is 12.8. The van der Waals surface area contributed by atoms with Gasteiger partial charge in [-0.25, -0.2) is 4.79 Å². The van der Waals surface area contributed by atoms with Crippen LogP contribution in [0.25, 0.3) is 0 Å². The molecule has 2 amide bonds. The molecule has 2 N–H and O–H groups in total. The highest BCUT2D eigenvalue weighted by Crippen LogP contribution is 2.31. The van der Waals surface area contributed by atoms with Crippen molar-refractivity contribution in [3.05, 3.63) is 29.8 Å². The van der Waals surface area contributed by atoms with Crippen molar-refractivity contribution in [1.29, 1.82) is 0 Å². The molecule has 2 fully saturated rings. The highest BCUT2D eigenvalue weighted by molar-refractivity contribution is 5.89. The Kier molecular flexibility index (Phi) is 4.66. The topological polar surface area (TPSA) is 68.8 Å². The summed E-state index contributed by atoms with van der Waals surface area (Å²) in [6.07, 6.45) is -5.24. The van der Waals surface area contributed by atoms with Gasteiger partial charge in [0.15, 0.2) is 0 Å². The van der Waals surface area contributed by atoms with Gasteiger partial charge in [0.2, 0.25) is 0 Å². The van der Waals surface area contributed by atoms with Crippen LogP contribution in [0.4, 0.5) is 23.7 Å². The second-order valence-corrected chi connectivity index (χ2v) is 5.65. The molecule has 2 aliphatic rings. The zero-order valence-electron chi connectivity index (χ0n) is 12.8. The summed E-state index contributed by atoms with van der Waals surface area (Å²) in [5, 5.41) is 5.06. The molecule has 4 atom stereocenters. The highest BCUT2D eigenvalue weighted by atomic mass is 19.4. The van der Waals surface area contributed by atoms with E-state index in [2.05, 4.69) is 10.6 Å². The lowest BCUT2D eigenvalue weighted by Crippen LogP contribution is -2.46. The highest BCUT2D eigenvalue weighted by Gasteiger charge is 2.48. The summed E-state index contributed by atoms with van der Waals surface area (Å²) < 4.78 is 54.4. The van der Waals surface area contributed by atoms with Gasteiger partial charge in [-0.2, -0.15) is 13.2 Å². The van der Waals surface area contributed by atoms with Gasteiger partial charge in [-0.3, -0.25) is 0 Å². The number of ether oxygens (including phenoxy) is 3. The van der Waals surface area contributed by atoms with Crippen molar-refractivity contribution >= 4 is 11.7 Å². The van der Waals surface area contributed by atoms with E-state index in [0.29, 0.717) is 6.61 Å². The van der Waals surface area contributed by atoms with Crippen LogP contribution in [0, 0.1) is 0 Å². The third kappa shape index (κ3) is 3.47. The normalized spacial score (nSPS) is 29.3. The second kappa shape index (κ2) is 6.58. The van der Waals surface area contributed by atoms with E-state index in [1.807, 2.05) is 0 Å². The lowest BCUT2D eigenvalue weighted by Gasteiger charge is -2.18. The van der Waals surface area contributed by atoms with Gasteiger partial charge in [-0.15, -0.1) is 0 Å². The van der Waals surface area contributed by atoms with Crippen molar-refractivity contribution < 1.29 is 32.2 Å². The van der Waals surface area contributed by atoms with Gasteiger partial charge in [0.1, 0.15) is 18.3 Å². The van der Waals surface area contributed by atoms with E-state index in [0.717, 1.165) is 12.1 Å². The molecule has 0 radical (unpaired) electrons. The summed E-state index contributed by atoms with van der Waals surface area (Å²) in [7, 11) is 1.56. The summed E-state index contributed by atoms with van der Waals surface area (Å²) in [5.74, 6) is 0. The van der Waals surface area contributed by atoms with Crippen molar-refractivity contribution in [2.24, 2.45) is 0 Å². The number of carbonyl (C=O) groups excluding carboxylic acids is 1. The molecule has 132 valence electrons. The summed E-state index contributed by atoms with van der Waals surface area (Å²) >= 11 is 0. The first-order valence-corrected chi connectivity index (χ1v) is 7.39. The first kappa shape index (κ1) is 17.0. The lowest BCUT2D eigenvalue weighted by molar-refractivity contribution is -0.137. The second-order valence-electron chi connectivity index (χ2n) is 5.65. The minimum Gasteiger partial charge on any atom is -0.376 e. The minimum atomic E-state index is -4.46. The number of amides is 2. The van der Waals surface area contributed by atoms with Crippen molar-refractivity contribution in [3.8, 4) is 0 Å². The lowest BCUT2D eigenvalue weighted by atomic mass is 10.1. The van der Waals surface area contributed by atoms with E-state index in [9.17, 15) is 18.0 Å². The summed E-state index contributed by atoms with van der Waals surface area (Å²) in [6, 6.07) is 3.43. The number of anilines is 1. The van der Waals surface area contributed by atoms with Crippen LogP contribution in [0.2, 0.25) is 0 Å². The Morgan fingerprint density at radius 3 is 2.71 bits per heavy atom. The Bertz CT molecular complexity index is 611. The van der Waals surface area contributed by atoms with Crippen LogP contribution in [0.3, 0.4) is 0 Å². The molecule has 1 aromatic rings. The van der Waals surface area contributed by atoms with Crippen LogP contribution < -0.4 is 10.6 Å². The molecule has 2 aliphatic heterocycles. The smallest absolute Gasteiger partial charge is 0.376 e. The first-order valence-electron chi connectivity index (χ1n) is 7.39. The summed E-state index contributed by atoms with van der Waals surface area (Å²) in [5.41, 5.74) is -0.772. The summed E-state index contributed by atoms with van der Waals surface area (Å²) in [4.78, 5) is 12.0. The third-order valence-electron chi connectivity index (χ3n) is 4.07. The quantitative estimate of drug-likeness (QED) is 0.879. The van der Waals surface area contributed by atoms with Gasteiger partial charge in [-0.1, -0.05) is 6.07 Å². The molecule has 9 heteroatoms. The molecule has 3 rings (SSSR count). The number of alkyl halides is 3. The van der Waals surface area contributed by atoms with Crippen molar-refractivity contribution in [2.75, 3.05) is 25.6 Å². The average Bonchev–Trinajstić information content (AvgIpc) is 3.09. The van der Waals surface area contributed by atoms with Gasteiger partial charge in [-0.05, 0) is 18.2 Å². The molecule has 2 saturated heterocycles. The number of rotatable bonds is 3. The Morgan fingerprint density at radius 1 is 1.25 bits per heavy atom. The number of fused-ring (bicyclic) bond motifs is 1. The number of hydrogen-bond acceptors (Lipinski definition) is 4. The third-order valence-corrected chi connectivity index (χ3v) is 4.07. The maximum atomic E-state index is 12.7. The van der Waals surface area contributed by atoms with E-state index in [4.69, 9.17) is 14.2 Å². The maximum Gasteiger partial charge on any atom is 0.416 e. The number of hydrogen-bond donors (Lipinski definition) is 2. The zero-order chi connectivity index (χ0) is 17.3. The van der Waals surface area contributed by atoms with Crippen molar-refractivity contribution in [1.82, 2.24) is 5.32 Å². The molecule has 1 aromatic carbocycles. The Hall–Kier alpha value is -1.84. The molecule has 0 aliphatic carbocycles. The number of methoxy groups -OCH3 is 1. The molecule has 2 heterocycles. The SMILES string of the molecule is CO[C@@H]1CO[C@H]2[C@@H]1OC[C@@H]2NC(=O)Nc1cccc(C(F)(F)F)c1. The van der Waals surface area contributed by atoms with Crippen LogP contribution in [-0.4, -0.2) is 50.7 Å². The van der Waals surface area contributed by atoms with E-state index in [1.165, 1.54) is 12.1 Å². The van der Waals surface area contributed by atoms with Crippen LogP contribution in [0.1, 0.15) is 5.56 Å². The van der Waals surface area contributed by atoms with Gasteiger partial charge in [0.25, 0.3) is 0 Å². The van der Waals surface area contributed by atoms with E-state index in [-0.39, 0.29) is 36.6 Å². The average molecular weight is 346 g/mol. The fourth-order valence-electron chi connectivity index (χ4n) is 2.90. The van der Waals surface area contributed by atoms with Crippen LogP contribution >= 0.6 is 0 Å². The minimum absolute atomic E-state index is 0.0555. The standard InChI is InChI=1S/C15H17F3N2O4/c1-22-11-7-24-12-10(6-23-13(11)12)20-14(21)19-9-4-2-3-8(5-9)15(16,17)18/h2-5,10-13H,6-7H2,1H3,(H2,19,20,21)/t10-,11+,12+,13+/m0/s1. The molecule has 6 nitrogen and oxygen atoms in total. The van der Waals surface area contributed by atoms with E-state index >= 15 is 0 Å². The molecule has 0 spiro atoms. The number of nitrogens with one attached hydrogen (secondary N) is 2. The van der Waals surface area contributed by atoms with Gasteiger partial charge in [0, 0.05) is 12.8 Å². The predicted octanol–water partition coefficient (Wildman–Crippen LogP) is 2.01. The number of urea groups is 1. The van der Waals surface area contributed by atoms with Crippen LogP contribution in [0.5, 0.6) is 0 Å². The summed E-state index contributed by atoms with van der Waals surface area (Å²) in [6.45, 7) is 0.629. The molecular formula is C15H17F3N2O4. The molecule has 0 saturated carbocycles. The maximum absolute atomic E-state index is 12.7. The molecule has 0 aromatic heterocycles. The molecule has 0 bridgehead atoms. The monoisotopic (exact) mass is 346 g/mol. The number of carbonyl (C=O) groups is 1. The van der Waals surface area contributed by atoms with Gasteiger partial charge in [0.05, 0.1) is 24.8 Å². The Morgan fingerprint density at radius 2 is 2.00 bits per heavy atom. The largest absolute Gasteiger partial charge is 0.416 e. The number of benzene rings is 1. The fourth-order valence-corrected chi connectivity index (χ4v) is 2.90. The molecule has 24 heavy (non-hydrogen) atoms. The Balaban J connectivity index is 1.59. The molecule has 0 unspecified atom stereocenters. The van der Waals surface area contributed by atoms with Gasteiger partial charge < -0.3 is 24.8 Å². The molecular weight excluding hydrogens is 329 g/mol. The van der Waals surface area contributed by atoms with Crippen LogP contribution in [-0.2, 0) is 20.4 Å². The van der Waals surface area contributed by atoms with Crippen molar-refractivity contribution in [2.45, 2.75) is 30.5 Å². The van der Waals surface area contributed by atoms with Crippen molar-refractivity contribution in [3.63, 3.8) is 0 Å². The predicted molar refractivity (Wildman–Crippen MR) is 77.7 cm³/mol. The van der Waals surface area contributed by atoms with E-state index in [1.54, 1.807) is 7.11 Å². The number of halogens is 3. The van der Waals surface area contributed by atoms with Crippen LogP contribution in [0.15, 0.2) is 24.3 Å².